The quantitative estimate of drug-likeness (QED) is 0.613. The predicted octanol–water partition coefficient (Wildman–Crippen LogP) is 2.26. The van der Waals surface area contributed by atoms with Crippen LogP contribution in [0.4, 0.5) is 0 Å². The number of hydrogen-bond acceptors (Lipinski definition) is 2. The maximum atomic E-state index is 11.3. The van der Waals surface area contributed by atoms with Crippen LogP contribution in [0.2, 0.25) is 0 Å². The second-order valence-electron chi connectivity index (χ2n) is 3.48. The number of esters is 1. The zero-order valence-electron chi connectivity index (χ0n) is 8.18. The van der Waals surface area contributed by atoms with E-state index in [0.717, 1.165) is 18.4 Å². The molecule has 15 heavy (non-hydrogen) atoms. The molecule has 0 aromatic carbocycles. The van der Waals surface area contributed by atoms with Crippen molar-refractivity contribution in [3.63, 3.8) is 0 Å². The van der Waals surface area contributed by atoms with E-state index in [-0.39, 0.29) is 0 Å². The van der Waals surface area contributed by atoms with E-state index in [1.165, 1.54) is 6.08 Å². The second kappa shape index (κ2) is 4.17. The average Bonchev–Trinajstić information content (AvgIpc) is 2.45. The third kappa shape index (κ3) is 2.18. The van der Waals surface area contributed by atoms with Gasteiger partial charge in [0.1, 0.15) is 5.92 Å². The molecular weight excluding hydrogens is 192 g/mol. The van der Waals surface area contributed by atoms with Crippen molar-refractivity contribution in [2.45, 2.75) is 12.8 Å². The Morgan fingerprint density at radius 1 is 1.27 bits per heavy atom. The summed E-state index contributed by atoms with van der Waals surface area (Å²) in [5, 5.41) is 10.9. The molecule has 2 rings (SSSR count). The van der Waals surface area contributed by atoms with Crippen LogP contribution in [-0.2, 0) is 14.6 Å². The summed E-state index contributed by atoms with van der Waals surface area (Å²) in [6.45, 7) is 0. The van der Waals surface area contributed by atoms with Crippen molar-refractivity contribution in [2.75, 3.05) is 0 Å². The lowest BCUT2D eigenvalue weighted by molar-refractivity contribution is -0.143. The first-order valence-electron chi connectivity index (χ1n) is 4.90. The minimum Gasteiger partial charge on any atom is -0.389 e. The fourth-order valence-corrected chi connectivity index (χ4v) is 1.67. The summed E-state index contributed by atoms with van der Waals surface area (Å²) in [6.07, 6.45) is 12.7. The van der Waals surface area contributed by atoms with Crippen LogP contribution in [0.5, 0.6) is 0 Å². The van der Waals surface area contributed by atoms with Crippen LogP contribution in [0.15, 0.2) is 48.0 Å². The van der Waals surface area contributed by atoms with Crippen molar-refractivity contribution >= 4 is 5.97 Å². The number of carbonyl (C=O) groups excluding carboxylic acids is 1. The average molecular weight is 203 g/mol. The van der Waals surface area contributed by atoms with Gasteiger partial charge in [-0.05, 0) is 12.8 Å². The van der Waals surface area contributed by atoms with E-state index in [1.807, 2.05) is 30.4 Å². The molecule has 0 N–H and O–H groups in total. The molecule has 0 unspecified atom stereocenters. The highest BCUT2D eigenvalue weighted by atomic mass is 16.6. The maximum absolute atomic E-state index is 11.3. The minimum absolute atomic E-state index is 0.454. The van der Waals surface area contributed by atoms with Crippen molar-refractivity contribution < 1.29 is 14.6 Å². The Hall–Kier alpha value is -1.77. The summed E-state index contributed by atoms with van der Waals surface area (Å²) in [6, 6.07) is 0. The first kappa shape index (κ1) is 9.77. The highest BCUT2D eigenvalue weighted by Crippen LogP contribution is 2.27. The van der Waals surface area contributed by atoms with E-state index in [4.69, 9.17) is 0 Å². The Kier molecular flexibility index (Phi) is 2.72. The monoisotopic (exact) mass is 203 g/mol. The van der Waals surface area contributed by atoms with E-state index in [0.29, 0.717) is 0 Å². The Bertz CT molecular complexity index is 386. The van der Waals surface area contributed by atoms with Gasteiger partial charge in [0.15, 0.2) is 0 Å². The highest BCUT2D eigenvalue weighted by molar-refractivity contribution is 5.81. The zero-order valence-corrected chi connectivity index (χ0v) is 8.18. The van der Waals surface area contributed by atoms with E-state index < -0.39 is 17.8 Å². The Morgan fingerprint density at radius 2 is 2.13 bits per heavy atom. The molecule has 0 spiro atoms. The third-order valence-electron chi connectivity index (χ3n) is 2.43. The molecule has 1 aliphatic carbocycles. The van der Waals surface area contributed by atoms with Gasteiger partial charge in [-0.1, -0.05) is 36.0 Å². The van der Waals surface area contributed by atoms with E-state index >= 15 is 0 Å². The van der Waals surface area contributed by atoms with E-state index in [9.17, 15) is 9.90 Å². The summed E-state index contributed by atoms with van der Waals surface area (Å²) < 4.78 is 4.48. The molecular formula is C12H11O3. The van der Waals surface area contributed by atoms with Gasteiger partial charge in [0.05, 0.1) is 0 Å². The molecule has 1 heterocycles. The minimum atomic E-state index is -0.535. The molecule has 1 aliphatic heterocycles. The van der Waals surface area contributed by atoms with Crippen LogP contribution < -0.4 is 0 Å². The van der Waals surface area contributed by atoms with Crippen molar-refractivity contribution in [1.29, 1.82) is 0 Å². The molecule has 3 nitrogen and oxygen atoms in total. The van der Waals surface area contributed by atoms with Crippen LogP contribution >= 0.6 is 0 Å². The van der Waals surface area contributed by atoms with Gasteiger partial charge in [0.2, 0.25) is 0 Å². The van der Waals surface area contributed by atoms with Crippen molar-refractivity contribution in [1.82, 2.24) is 0 Å². The van der Waals surface area contributed by atoms with Gasteiger partial charge in [-0.3, -0.25) is 4.79 Å². The molecule has 0 saturated carbocycles. The first-order valence-corrected chi connectivity index (χ1v) is 4.90. The Morgan fingerprint density at radius 3 is 2.87 bits per heavy atom. The summed E-state index contributed by atoms with van der Waals surface area (Å²) in [5.74, 6) is -1.47. The van der Waals surface area contributed by atoms with Gasteiger partial charge in [0, 0.05) is 6.08 Å². The summed E-state index contributed by atoms with van der Waals surface area (Å²) in [7, 11) is 0. The largest absolute Gasteiger partial charge is 0.389 e. The smallest absolute Gasteiger partial charge is 0.335 e. The van der Waals surface area contributed by atoms with Crippen molar-refractivity contribution in [3.05, 3.63) is 48.0 Å². The standard InChI is InChI=1S/C12H11O3/c13-11-8-10(12(14)15-11)9-6-4-2-1-3-5-7-9/h1-4,6,8,10H,5,7H2/b3-1-,4-2-,9-6+/t10-/m0/s1. The van der Waals surface area contributed by atoms with E-state index in [2.05, 4.69) is 4.74 Å². The molecule has 0 aromatic heterocycles. The zero-order chi connectivity index (χ0) is 10.7. The van der Waals surface area contributed by atoms with Gasteiger partial charge in [0.25, 0.3) is 0 Å². The molecule has 77 valence electrons. The van der Waals surface area contributed by atoms with Gasteiger partial charge >= 0.3 is 11.9 Å². The lowest BCUT2D eigenvalue weighted by Gasteiger charge is -2.09. The number of hydrogen-bond donors (Lipinski definition) is 0. The Balaban J connectivity index is 2.20. The molecule has 0 fully saturated rings. The van der Waals surface area contributed by atoms with Crippen molar-refractivity contribution in [2.24, 2.45) is 5.92 Å². The van der Waals surface area contributed by atoms with Crippen LogP contribution in [0.3, 0.4) is 0 Å². The molecule has 1 radical (unpaired) electrons. The number of ether oxygens (including phenoxy) is 1. The van der Waals surface area contributed by atoms with Gasteiger partial charge < -0.3 is 4.74 Å². The lowest BCUT2D eigenvalue weighted by atomic mass is 9.94. The summed E-state index contributed by atoms with van der Waals surface area (Å²) in [4.78, 5) is 11.3. The fourth-order valence-electron chi connectivity index (χ4n) is 1.67. The fraction of sp³-hybridized carbons (Fsp3) is 0.250. The number of rotatable bonds is 1. The maximum Gasteiger partial charge on any atom is 0.335 e. The summed E-state index contributed by atoms with van der Waals surface area (Å²) >= 11 is 0. The molecule has 2 aliphatic rings. The number of allylic oxidation sites excluding steroid dienone is 5. The molecule has 0 amide bonds. The third-order valence-corrected chi connectivity index (χ3v) is 2.43. The van der Waals surface area contributed by atoms with Crippen LogP contribution in [0.25, 0.3) is 0 Å². The molecule has 1 atom stereocenters. The van der Waals surface area contributed by atoms with Gasteiger partial charge in [-0.2, -0.15) is 0 Å². The topological polar surface area (TPSA) is 46.2 Å². The normalized spacial score (nSPS) is 33.1. The molecule has 0 aromatic rings. The molecule has 0 bridgehead atoms. The number of cyclic esters (lactones) is 1. The van der Waals surface area contributed by atoms with Gasteiger partial charge in [-0.25, -0.2) is 5.11 Å². The van der Waals surface area contributed by atoms with Crippen LogP contribution in [0.1, 0.15) is 12.8 Å². The lowest BCUT2D eigenvalue weighted by Crippen LogP contribution is -2.11. The Labute approximate surface area is 88.1 Å². The molecule has 0 saturated heterocycles. The first-order chi connectivity index (χ1) is 7.27. The second-order valence-corrected chi connectivity index (χ2v) is 3.48. The van der Waals surface area contributed by atoms with Crippen LogP contribution in [0, 0.1) is 5.92 Å². The van der Waals surface area contributed by atoms with E-state index in [1.54, 1.807) is 0 Å². The SMILES string of the molecule is [O]C1=C[C@@H](/C2=C/C=C\C=C/CC2)C(=O)O1. The van der Waals surface area contributed by atoms with Gasteiger partial charge in [-0.15, -0.1) is 0 Å². The predicted molar refractivity (Wildman–Crippen MR) is 53.9 cm³/mol. The van der Waals surface area contributed by atoms with Crippen LogP contribution in [-0.4, -0.2) is 5.97 Å². The summed E-state index contributed by atoms with van der Waals surface area (Å²) in [5.41, 5.74) is 0.937. The molecule has 3 heteroatoms. The van der Waals surface area contributed by atoms with Crippen molar-refractivity contribution in [3.8, 4) is 0 Å². The number of carbonyl (C=O) groups is 1. The highest BCUT2D eigenvalue weighted by Gasteiger charge is 2.30.